The highest BCUT2D eigenvalue weighted by molar-refractivity contribution is 6.32. The van der Waals surface area contributed by atoms with E-state index >= 15 is 0 Å². The number of hydrogen-bond acceptors (Lipinski definition) is 5. The van der Waals surface area contributed by atoms with Gasteiger partial charge in [0.25, 0.3) is 0 Å². The second kappa shape index (κ2) is 15.4. The van der Waals surface area contributed by atoms with E-state index in [1.165, 1.54) is 17.2 Å². The lowest BCUT2D eigenvalue weighted by Crippen LogP contribution is -2.39. The summed E-state index contributed by atoms with van der Waals surface area (Å²) in [6.45, 7) is 3.30. The molecule has 5 rings (SSSR count). The van der Waals surface area contributed by atoms with Crippen molar-refractivity contribution < 1.29 is 19.4 Å². The molecule has 4 aromatic carbocycles. The summed E-state index contributed by atoms with van der Waals surface area (Å²) in [6, 6.07) is 31.1. The third kappa shape index (κ3) is 9.09. The molecule has 228 valence electrons. The van der Waals surface area contributed by atoms with E-state index in [4.69, 9.17) is 16.3 Å². The topological polar surface area (TPSA) is 90.9 Å². The third-order valence-corrected chi connectivity index (χ3v) is 8.21. The summed E-state index contributed by atoms with van der Waals surface area (Å²) < 4.78 is 5.78. The first-order valence-corrected chi connectivity index (χ1v) is 15.5. The predicted octanol–water partition coefficient (Wildman–Crippen LogP) is 6.87. The smallest absolute Gasteiger partial charge is 0.411 e. The molecule has 1 fully saturated rings. The van der Waals surface area contributed by atoms with E-state index in [1.807, 2.05) is 54.6 Å². The highest BCUT2D eigenvalue weighted by Gasteiger charge is 2.22. The van der Waals surface area contributed by atoms with Crippen LogP contribution in [0.25, 0.3) is 11.1 Å². The van der Waals surface area contributed by atoms with E-state index in [0.29, 0.717) is 6.54 Å². The fourth-order valence-corrected chi connectivity index (χ4v) is 5.62. The summed E-state index contributed by atoms with van der Waals surface area (Å²) in [4.78, 5) is 27.4. The number of rotatable bonds is 11. The van der Waals surface area contributed by atoms with Crippen molar-refractivity contribution in [3.63, 3.8) is 0 Å². The molecule has 1 aliphatic rings. The number of nitrogens with zero attached hydrogens (tertiary/aromatic N) is 1. The van der Waals surface area contributed by atoms with Gasteiger partial charge in [0.2, 0.25) is 5.91 Å². The lowest BCUT2D eigenvalue weighted by atomic mass is 10.0. The molecule has 1 aliphatic heterocycles. The zero-order valence-electron chi connectivity index (χ0n) is 24.7. The van der Waals surface area contributed by atoms with Crippen LogP contribution in [0.4, 0.5) is 10.5 Å². The summed E-state index contributed by atoms with van der Waals surface area (Å²) >= 11 is 5.92. The van der Waals surface area contributed by atoms with Crippen LogP contribution >= 0.6 is 11.6 Å². The molecule has 0 saturated carbocycles. The van der Waals surface area contributed by atoms with Crippen molar-refractivity contribution in [1.82, 2.24) is 10.2 Å². The predicted molar refractivity (Wildman–Crippen MR) is 175 cm³/mol. The fourth-order valence-electron chi connectivity index (χ4n) is 5.42. The highest BCUT2D eigenvalue weighted by Crippen LogP contribution is 2.28. The number of aromatic hydroxyl groups is 1. The van der Waals surface area contributed by atoms with Crippen molar-refractivity contribution in [3.8, 4) is 16.9 Å². The number of carbonyl (C=O) groups excluding carboxylic acids is 2. The molecule has 0 spiro atoms. The number of phenolic OH excluding ortho intramolecular Hbond substituents is 1. The monoisotopic (exact) mass is 611 g/mol. The van der Waals surface area contributed by atoms with Crippen LogP contribution < -0.4 is 10.6 Å². The average Bonchev–Trinajstić information content (AvgIpc) is 3.04. The molecule has 7 nitrogen and oxygen atoms in total. The molecule has 0 aromatic heterocycles. The fraction of sp³-hybridized carbons (Fsp3) is 0.278. The Morgan fingerprint density at radius 2 is 1.50 bits per heavy atom. The van der Waals surface area contributed by atoms with Gasteiger partial charge in [-0.15, -0.1) is 0 Å². The molecule has 0 radical (unpaired) electrons. The summed E-state index contributed by atoms with van der Waals surface area (Å²) in [5.41, 5.74) is 5.96. The van der Waals surface area contributed by atoms with E-state index in [9.17, 15) is 14.7 Å². The Bertz CT molecular complexity index is 1540. The molecular formula is C36H38ClN3O4. The quantitative estimate of drug-likeness (QED) is 0.172. The van der Waals surface area contributed by atoms with E-state index < -0.39 is 6.09 Å². The maximum absolute atomic E-state index is 12.7. The molecule has 44 heavy (non-hydrogen) atoms. The third-order valence-electron chi connectivity index (χ3n) is 7.91. The maximum Gasteiger partial charge on any atom is 0.411 e. The van der Waals surface area contributed by atoms with Crippen LogP contribution in [0, 0.1) is 0 Å². The summed E-state index contributed by atoms with van der Waals surface area (Å²) in [6.07, 6.45) is 3.06. The number of anilines is 1. The molecule has 8 heteroatoms. The van der Waals surface area contributed by atoms with Crippen LogP contribution in [0.5, 0.6) is 5.75 Å². The van der Waals surface area contributed by atoms with E-state index in [-0.39, 0.29) is 29.2 Å². The van der Waals surface area contributed by atoms with Gasteiger partial charge in [-0.25, -0.2) is 4.79 Å². The molecule has 0 atom stereocenters. The van der Waals surface area contributed by atoms with Crippen LogP contribution in [0.2, 0.25) is 5.02 Å². The number of piperidine rings is 1. The maximum atomic E-state index is 12.7. The van der Waals surface area contributed by atoms with Crippen LogP contribution in [-0.2, 0) is 28.8 Å². The van der Waals surface area contributed by atoms with Gasteiger partial charge in [-0.1, -0.05) is 90.5 Å². The number of benzene rings is 4. The molecule has 1 saturated heterocycles. The first-order valence-electron chi connectivity index (χ1n) is 15.1. The largest absolute Gasteiger partial charge is 0.506 e. The van der Waals surface area contributed by atoms with Crippen LogP contribution in [0.1, 0.15) is 29.5 Å². The Morgan fingerprint density at radius 3 is 2.23 bits per heavy atom. The minimum absolute atomic E-state index is 0.0113. The minimum atomic E-state index is -0.409. The number of hydrogen-bond donors (Lipinski definition) is 3. The molecule has 0 unspecified atom stereocenters. The van der Waals surface area contributed by atoms with Gasteiger partial charge < -0.3 is 20.1 Å². The second-order valence-electron chi connectivity index (χ2n) is 11.1. The van der Waals surface area contributed by atoms with E-state index in [2.05, 4.69) is 39.8 Å². The van der Waals surface area contributed by atoms with Crippen molar-refractivity contribution in [3.05, 3.63) is 119 Å². The van der Waals surface area contributed by atoms with Crippen molar-refractivity contribution in [2.24, 2.45) is 0 Å². The van der Waals surface area contributed by atoms with Gasteiger partial charge in [0.15, 0.2) is 0 Å². The molecule has 0 aliphatic carbocycles. The Labute approximate surface area is 263 Å². The zero-order chi connectivity index (χ0) is 30.7. The zero-order valence-corrected chi connectivity index (χ0v) is 25.4. The summed E-state index contributed by atoms with van der Waals surface area (Å²) in [5, 5.41) is 15.7. The number of ether oxygens (including phenoxy) is 1. The SMILES string of the molecule is O=C(Cc1ccc(O)c(Cl)c1)NCCc1ccc(CCN2CCC(OC(=O)Nc3ccccc3-c3ccccc3)CC2)cc1. The van der Waals surface area contributed by atoms with Gasteiger partial charge in [-0.2, -0.15) is 0 Å². The van der Waals surface area contributed by atoms with E-state index in [1.54, 1.807) is 12.1 Å². The molecule has 0 bridgehead atoms. The van der Waals surface area contributed by atoms with Crippen molar-refractivity contribution >= 4 is 29.3 Å². The van der Waals surface area contributed by atoms with Crippen molar-refractivity contribution in [1.29, 1.82) is 0 Å². The van der Waals surface area contributed by atoms with Gasteiger partial charge >= 0.3 is 6.09 Å². The van der Waals surface area contributed by atoms with E-state index in [0.717, 1.165) is 67.7 Å². The summed E-state index contributed by atoms with van der Waals surface area (Å²) in [5.74, 6) is -0.0660. The number of nitrogens with one attached hydrogen (secondary N) is 2. The minimum Gasteiger partial charge on any atom is -0.506 e. The Kier molecular flexibility index (Phi) is 10.9. The number of amides is 2. The number of carbonyl (C=O) groups is 2. The van der Waals surface area contributed by atoms with Crippen molar-refractivity contribution in [2.75, 3.05) is 31.5 Å². The Morgan fingerprint density at radius 1 is 0.841 bits per heavy atom. The average molecular weight is 612 g/mol. The van der Waals surface area contributed by atoms with Gasteiger partial charge in [-0.05, 0) is 66.1 Å². The first-order chi connectivity index (χ1) is 21.4. The first kappa shape index (κ1) is 31.1. The molecule has 4 aromatic rings. The van der Waals surface area contributed by atoms with Gasteiger partial charge in [0.1, 0.15) is 11.9 Å². The number of likely N-dealkylation sites (tertiary alicyclic amines) is 1. The lowest BCUT2D eigenvalue weighted by molar-refractivity contribution is -0.120. The molecular weight excluding hydrogens is 574 g/mol. The normalized spacial score (nSPS) is 13.8. The van der Waals surface area contributed by atoms with Crippen LogP contribution in [0.3, 0.4) is 0 Å². The van der Waals surface area contributed by atoms with Gasteiger partial charge in [0.05, 0.1) is 17.1 Å². The number of para-hydroxylation sites is 1. The molecule has 2 amide bonds. The molecule has 1 heterocycles. The second-order valence-corrected chi connectivity index (χ2v) is 11.5. The van der Waals surface area contributed by atoms with Crippen LogP contribution in [-0.4, -0.2) is 54.3 Å². The van der Waals surface area contributed by atoms with Crippen molar-refractivity contribution in [2.45, 2.75) is 38.2 Å². The lowest BCUT2D eigenvalue weighted by Gasteiger charge is -2.31. The summed E-state index contributed by atoms with van der Waals surface area (Å²) in [7, 11) is 0. The Balaban J connectivity index is 0.983. The van der Waals surface area contributed by atoms with Gasteiger partial charge in [0, 0.05) is 31.7 Å². The number of halogens is 1. The highest BCUT2D eigenvalue weighted by atomic mass is 35.5. The molecule has 3 N–H and O–H groups in total. The van der Waals surface area contributed by atoms with Crippen LogP contribution in [0.15, 0.2) is 97.1 Å². The Hall–Kier alpha value is -4.33. The standard InChI is InChI=1S/C36H38ClN3O4/c37-32-24-28(14-15-34(32)41)25-35(42)38-20-16-26-10-12-27(13-11-26)17-21-40-22-18-30(19-23-40)44-36(43)39-33-9-5-4-8-31(33)29-6-2-1-3-7-29/h1-15,24,30,41H,16-23,25H2,(H,38,42)(H,39,43). The van der Waals surface area contributed by atoms with Gasteiger partial charge in [-0.3, -0.25) is 10.1 Å². The number of phenols is 1.